The number of carboxylic acids is 2. The zero-order chi connectivity index (χ0) is 30.1. The topological polar surface area (TPSA) is 109 Å². The van der Waals surface area contributed by atoms with Crippen LogP contribution in [0.25, 0.3) is 11.1 Å². The predicted molar refractivity (Wildman–Crippen MR) is 161 cm³/mol. The summed E-state index contributed by atoms with van der Waals surface area (Å²) in [6.45, 7) is 2.12. The Morgan fingerprint density at radius 2 is 0.881 bits per heavy atom. The van der Waals surface area contributed by atoms with E-state index < -0.39 is 17.4 Å². The third-order valence-corrected chi connectivity index (χ3v) is 7.21. The third-order valence-electron chi connectivity index (χ3n) is 7.21. The summed E-state index contributed by atoms with van der Waals surface area (Å²) < 4.78 is 0. The van der Waals surface area contributed by atoms with Gasteiger partial charge in [-0.1, -0.05) is 103 Å². The van der Waals surface area contributed by atoms with E-state index in [4.69, 9.17) is 10.2 Å². The molecule has 0 aliphatic rings. The van der Waals surface area contributed by atoms with Crippen LogP contribution in [0.5, 0.6) is 0 Å². The van der Waals surface area contributed by atoms with Gasteiger partial charge in [-0.15, -0.1) is 0 Å². The monoisotopic (exact) mass is 558 g/mol. The molecule has 0 heterocycles. The van der Waals surface area contributed by atoms with Crippen molar-refractivity contribution in [3.05, 3.63) is 155 Å². The van der Waals surface area contributed by atoms with Crippen molar-refractivity contribution in [1.82, 2.24) is 0 Å². The molecule has 0 spiro atoms. The van der Waals surface area contributed by atoms with Gasteiger partial charge in [0.1, 0.15) is 0 Å². The largest absolute Gasteiger partial charge is 0.478 e. The van der Waals surface area contributed by atoms with Crippen LogP contribution in [0.2, 0.25) is 0 Å². The molecule has 6 heteroatoms. The maximum atomic E-state index is 12.2. The Morgan fingerprint density at radius 1 is 0.524 bits per heavy atom. The zero-order valence-corrected chi connectivity index (χ0v) is 23.1. The first-order valence-corrected chi connectivity index (χ1v) is 13.4. The lowest BCUT2D eigenvalue weighted by Crippen LogP contribution is -2.25. The molecule has 0 saturated heterocycles. The van der Waals surface area contributed by atoms with Crippen molar-refractivity contribution in [2.45, 2.75) is 25.2 Å². The second-order valence-corrected chi connectivity index (χ2v) is 10.1. The first-order chi connectivity index (χ1) is 20.1. The highest BCUT2D eigenvalue weighted by atomic mass is 16.4. The van der Waals surface area contributed by atoms with E-state index in [0.29, 0.717) is 0 Å². The lowest BCUT2D eigenvalue weighted by molar-refractivity contribution is -0.132. The van der Waals surface area contributed by atoms with E-state index in [9.17, 15) is 19.2 Å². The standard InChI is InChI=1S/C36H30O6/c1-36(31-17-11-28(12-18-31)27-5-3-2-4-6-27,29-13-7-25(8-14-29)23-32(37)19-21-34(39)40)30-15-9-26(10-16-30)24-33(38)20-22-35(41)42/h2-22H,23-24H2,1H3,(H,39,40)(H,41,42)/b21-19+,22-20+. The molecule has 0 amide bonds. The van der Waals surface area contributed by atoms with Crippen LogP contribution in [0.15, 0.2) is 127 Å². The summed E-state index contributed by atoms with van der Waals surface area (Å²) in [4.78, 5) is 45.8. The molecule has 0 aromatic heterocycles. The number of hydrogen-bond acceptors (Lipinski definition) is 4. The zero-order valence-electron chi connectivity index (χ0n) is 23.1. The van der Waals surface area contributed by atoms with Crippen LogP contribution in [0.1, 0.15) is 34.7 Å². The van der Waals surface area contributed by atoms with Gasteiger partial charge in [0.25, 0.3) is 0 Å². The van der Waals surface area contributed by atoms with Gasteiger partial charge in [-0.05, 0) is 58.0 Å². The van der Waals surface area contributed by atoms with Crippen LogP contribution in [-0.2, 0) is 37.4 Å². The normalized spacial score (nSPS) is 11.5. The van der Waals surface area contributed by atoms with E-state index in [1.54, 1.807) is 0 Å². The van der Waals surface area contributed by atoms with Crippen molar-refractivity contribution in [2.75, 3.05) is 0 Å². The number of benzene rings is 4. The summed E-state index contributed by atoms with van der Waals surface area (Å²) in [6.07, 6.45) is 3.99. The molecule has 4 aromatic rings. The molecule has 0 aliphatic carbocycles. The Balaban J connectivity index is 1.68. The van der Waals surface area contributed by atoms with Gasteiger partial charge >= 0.3 is 11.9 Å². The van der Waals surface area contributed by atoms with Gasteiger partial charge in [0.05, 0.1) is 0 Å². The number of carboxylic acid groups (broad SMARTS) is 2. The molecule has 4 aromatic carbocycles. The second kappa shape index (κ2) is 13.3. The van der Waals surface area contributed by atoms with Crippen LogP contribution in [0, 0.1) is 0 Å². The lowest BCUT2D eigenvalue weighted by Gasteiger charge is -2.32. The van der Waals surface area contributed by atoms with Crippen LogP contribution in [0.4, 0.5) is 0 Å². The fourth-order valence-electron chi connectivity index (χ4n) is 4.89. The van der Waals surface area contributed by atoms with E-state index in [1.807, 2.05) is 66.7 Å². The number of aliphatic carboxylic acids is 2. The summed E-state index contributed by atoms with van der Waals surface area (Å²) in [6, 6.07) is 33.9. The maximum Gasteiger partial charge on any atom is 0.328 e. The highest BCUT2D eigenvalue weighted by molar-refractivity contribution is 5.97. The molecule has 0 fully saturated rings. The molecule has 210 valence electrons. The Kier molecular flexibility index (Phi) is 9.40. The summed E-state index contributed by atoms with van der Waals surface area (Å²) in [7, 11) is 0. The van der Waals surface area contributed by atoms with Gasteiger partial charge in [-0.3, -0.25) is 9.59 Å². The number of carbonyl (C=O) groups excluding carboxylic acids is 2. The molecule has 0 unspecified atom stereocenters. The van der Waals surface area contributed by atoms with Crippen molar-refractivity contribution >= 4 is 23.5 Å². The van der Waals surface area contributed by atoms with Gasteiger partial charge in [-0.25, -0.2) is 9.59 Å². The Hall–Kier alpha value is -5.36. The minimum Gasteiger partial charge on any atom is -0.478 e. The Morgan fingerprint density at radius 3 is 1.26 bits per heavy atom. The predicted octanol–water partition coefficient (Wildman–Crippen LogP) is 6.21. The number of rotatable bonds is 12. The summed E-state index contributed by atoms with van der Waals surface area (Å²) in [5.74, 6) is -2.93. The van der Waals surface area contributed by atoms with Crippen LogP contribution >= 0.6 is 0 Å². The summed E-state index contributed by atoms with van der Waals surface area (Å²) in [5, 5.41) is 17.6. The van der Waals surface area contributed by atoms with Crippen molar-refractivity contribution in [2.24, 2.45) is 0 Å². The fraction of sp³-hybridized carbons (Fsp3) is 0.111. The van der Waals surface area contributed by atoms with E-state index in [0.717, 1.165) is 63.2 Å². The molecule has 0 saturated carbocycles. The maximum absolute atomic E-state index is 12.2. The van der Waals surface area contributed by atoms with Gasteiger partial charge < -0.3 is 10.2 Å². The van der Waals surface area contributed by atoms with Crippen LogP contribution in [-0.4, -0.2) is 33.7 Å². The molecule has 0 radical (unpaired) electrons. The van der Waals surface area contributed by atoms with Crippen molar-refractivity contribution < 1.29 is 29.4 Å². The molecule has 2 N–H and O–H groups in total. The van der Waals surface area contributed by atoms with Crippen molar-refractivity contribution in [3.8, 4) is 11.1 Å². The van der Waals surface area contributed by atoms with E-state index in [2.05, 4.69) is 43.3 Å². The van der Waals surface area contributed by atoms with E-state index >= 15 is 0 Å². The van der Waals surface area contributed by atoms with Gasteiger partial charge in [0.15, 0.2) is 11.6 Å². The number of hydrogen-bond donors (Lipinski definition) is 2. The second-order valence-electron chi connectivity index (χ2n) is 10.1. The molecule has 0 aliphatic heterocycles. The number of ketones is 2. The minimum absolute atomic E-state index is 0.0889. The smallest absolute Gasteiger partial charge is 0.328 e. The van der Waals surface area contributed by atoms with Crippen molar-refractivity contribution in [3.63, 3.8) is 0 Å². The third kappa shape index (κ3) is 7.43. The highest BCUT2D eigenvalue weighted by Gasteiger charge is 2.31. The Labute approximate surface area is 244 Å². The SMILES string of the molecule is CC(c1ccc(CC(=O)/C=C/C(=O)O)cc1)(c1ccc(CC(=O)/C=C/C(=O)O)cc1)c1ccc(-c2ccccc2)cc1. The molecule has 4 rings (SSSR count). The van der Waals surface area contributed by atoms with Gasteiger partial charge in [0, 0.05) is 30.4 Å². The minimum atomic E-state index is -1.17. The first-order valence-electron chi connectivity index (χ1n) is 13.4. The molecular weight excluding hydrogens is 528 g/mol. The van der Waals surface area contributed by atoms with E-state index in [1.165, 1.54) is 0 Å². The lowest BCUT2D eigenvalue weighted by atomic mass is 9.70. The van der Waals surface area contributed by atoms with Crippen molar-refractivity contribution in [1.29, 1.82) is 0 Å². The van der Waals surface area contributed by atoms with Gasteiger partial charge in [0.2, 0.25) is 0 Å². The van der Waals surface area contributed by atoms with Crippen LogP contribution in [0.3, 0.4) is 0 Å². The summed E-state index contributed by atoms with van der Waals surface area (Å²) >= 11 is 0. The molecule has 0 bridgehead atoms. The number of allylic oxidation sites excluding steroid dienone is 2. The van der Waals surface area contributed by atoms with Crippen LogP contribution < -0.4 is 0 Å². The van der Waals surface area contributed by atoms with E-state index in [-0.39, 0.29) is 24.4 Å². The summed E-state index contributed by atoms with van der Waals surface area (Å²) in [5.41, 5.74) is 6.17. The number of carbonyl (C=O) groups is 4. The average molecular weight is 559 g/mol. The first kappa shape index (κ1) is 29.6. The Bertz CT molecular complexity index is 1550. The van der Waals surface area contributed by atoms with Gasteiger partial charge in [-0.2, -0.15) is 0 Å². The molecule has 42 heavy (non-hydrogen) atoms. The molecular formula is C36H30O6. The fourth-order valence-corrected chi connectivity index (χ4v) is 4.89. The quantitative estimate of drug-likeness (QED) is 0.158. The molecule has 6 nitrogen and oxygen atoms in total. The highest BCUT2D eigenvalue weighted by Crippen LogP contribution is 2.40. The average Bonchev–Trinajstić information content (AvgIpc) is 3.00. The molecule has 0 atom stereocenters.